The van der Waals surface area contributed by atoms with Crippen molar-refractivity contribution in [3.05, 3.63) is 41.0 Å². The number of benzene rings is 1. The number of nitrogens with one attached hydrogen (secondary N) is 3. The van der Waals surface area contributed by atoms with E-state index in [1.54, 1.807) is 38.1 Å². The molecule has 2 atom stereocenters. The number of unbranched alkanes of at least 4 members (excludes halogenated alkanes) is 2. The predicted molar refractivity (Wildman–Crippen MR) is 203 cm³/mol. The molecular weight excluding hydrogens is 654 g/mol. The molecule has 0 radical (unpaired) electrons. The molecule has 51 heavy (non-hydrogen) atoms. The van der Waals surface area contributed by atoms with E-state index in [4.69, 9.17) is 10.8 Å². The highest BCUT2D eigenvalue weighted by Crippen LogP contribution is 2.21. The quantitative estimate of drug-likeness (QED) is 0.0871. The maximum atomic E-state index is 13.4. The van der Waals surface area contributed by atoms with Gasteiger partial charge < -0.3 is 31.9 Å². The summed E-state index contributed by atoms with van der Waals surface area (Å²) < 4.78 is 0. The van der Waals surface area contributed by atoms with E-state index in [9.17, 15) is 33.9 Å². The Labute approximate surface area is 306 Å². The zero-order chi connectivity index (χ0) is 38.8. The van der Waals surface area contributed by atoms with E-state index in [-0.39, 0.29) is 68.7 Å². The number of carbonyl (C=O) groups is 6. The number of nitrogens with two attached hydrogens (primary N) is 1. The maximum absolute atomic E-state index is 13.4. The van der Waals surface area contributed by atoms with Gasteiger partial charge in [-0.3, -0.25) is 28.9 Å². The average Bonchev–Trinajstić information content (AvgIpc) is 3.28. The fourth-order valence-corrected chi connectivity index (χ4v) is 4.81. The maximum Gasteiger partial charge on any atom is 0.312 e. The number of rotatable bonds is 18. The fourth-order valence-electron chi connectivity index (χ4n) is 4.81. The lowest BCUT2D eigenvalue weighted by Crippen LogP contribution is -2.45. The van der Waals surface area contributed by atoms with Crippen LogP contribution in [0.1, 0.15) is 120 Å². The van der Waals surface area contributed by atoms with Crippen molar-refractivity contribution in [2.24, 2.45) is 17.6 Å². The van der Waals surface area contributed by atoms with Crippen LogP contribution in [0.3, 0.4) is 0 Å². The van der Waals surface area contributed by atoms with Gasteiger partial charge >= 0.3 is 6.03 Å². The molecule has 0 unspecified atom stereocenters. The lowest BCUT2D eigenvalue weighted by Gasteiger charge is -2.24. The van der Waals surface area contributed by atoms with Crippen LogP contribution in [0.25, 0.3) is 0 Å². The number of hydrogen-bond donors (Lipinski definition) is 6. The molecule has 292 valence electrons. The lowest BCUT2D eigenvalue weighted by atomic mass is 9.89. The van der Waals surface area contributed by atoms with Crippen molar-refractivity contribution in [2.45, 2.75) is 127 Å². The van der Waals surface area contributed by atoms with E-state index in [1.165, 1.54) is 11.3 Å². The number of carbonyl (C=O) groups excluding carboxylic acids is 6. The second-order valence-corrected chi connectivity index (χ2v) is 12.0. The molecule has 6 amide bonds. The van der Waals surface area contributed by atoms with Crippen LogP contribution in [0, 0.1) is 11.8 Å². The van der Waals surface area contributed by atoms with E-state index < -0.39 is 18.0 Å². The van der Waals surface area contributed by atoms with Gasteiger partial charge in [-0.15, -0.1) is 0 Å². The molecule has 0 saturated carbocycles. The summed E-state index contributed by atoms with van der Waals surface area (Å²) >= 11 is 0. The van der Waals surface area contributed by atoms with Crippen molar-refractivity contribution in [3.63, 3.8) is 0 Å². The number of anilines is 1. The molecule has 1 aliphatic heterocycles. The van der Waals surface area contributed by atoms with Crippen molar-refractivity contribution in [3.8, 4) is 0 Å². The zero-order valence-electron chi connectivity index (χ0n) is 31.7. The molecule has 1 heterocycles. The van der Waals surface area contributed by atoms with Crippen LogP contribution in [-0.4, -0.2) is 76.8 Å². The monoisotopic (exact) mass is 721 g/mol. The van der Waals surface area contributed by atoms with E-state index in [0.29, 0.717) is 61.0 Å². The van der Waals surface area contributed by atoms with Crippen LogP contribution < -0.4 is 21.7 Å². The second-order valence-electron chi connectivity index (χ2n) is 12.0. The van der Waals surface area contributed by atoms with Crippen LogP contribution in [0.5, 0.6) is 0 Å². The third kappa shape index (κ3) is 19.8. The summed E-state index contributed by atoms with van der Waals surface area (Å²) in [6, 6.07) is 5.22. The number of imide groups is 1. The highest BCUT2D eigenvalue weighted by atomic mass is 16.3. The molecule has 0 aliphatic carbocycles. The van der Waals surface area contributed by atoms with Crippen LogP contribution in [0.2, 0.25) is 0 Å². The van der Waals surface area contributed by atoms with Crippen LogP contribution in [0.15, 0.2) is 35.4 Å². The summed E-state index contributed by atoms with van der Waals surface area (Å²) in [6.07, 6.45) is 3.78. The number of urea groups is 1. The van der Waals surface area contributed by atoms with Gasteiger partial charge in [-0.1, -0.05) is 73.9 Å². The van der Waals surface area contributed by atoms with Crippen LogP contribution in [-0.2, 0) is 30.6 Å². The number of Topliss-reactive ketones (excluding diaryl/α,β-unsaturated/α-hetero) is 1. The summed E-state index contributed by atoms with van der Waals surface area (Å²) in [7, 11) is 1.00. The summed E-state index contributed by atoms with van der Waals surface area (Å²) in [4.78, 5) is 75.9. The third-order valence-electron chi connectivity index (χ3n) is 7.56. The minimum Gasteiger partial charge on any atom is -0.400 e. The van der Waals surface area contributed by atoms with Crippen molar-refractivity contribution in [2.75, 3.05) is 25.5 Å². The number of aliphatic hydroxyl groups is 2. The first-order valence-electron chi connectivity index (χ1n) is 17.6. The summed E-state index contributed by atoms with van der Waals surface area (Å²) in [5, 5.41) is 24.3. The molecule has 1 aromatic carbocycles. The van der Waals surface area contributed by atoms with Crippen molar-refractivity contribution < 1.29 is 39.0 Å². The Bertz CT molecular complexity index is 1210. The van der Waals surface area contributed by atoms with Crippen molar-refractivity contribution >= 4 is 41.1 Å². The molecule has 0 fully saturated rings. The molecule has 1 aliphatic rings. The number of ketones is 1. The largest absolute Gasteiger partial charge is 0.400 e. The number of primary amides is 1. The van der Waals surface area contributed by atoms with Gasteiger partial charge in [0, 0.05) is 55.8 Å². The summed E-state index contributed by atoms with van der Waals surface area (Å²) in [5.41, 5.74) is 7.26. The van der Waals surface area contributed by atoms with Gasteiger partial charge in [0.05, 0.1) is 12.6 Å². The van der Waals surface area contributed by atoms with E-state index in [2.05, 4.69) is 29.8 Å². The van der Waals surface area contributed by atoms with Crippen molar-refractivity contribution in [1.82, 2.24) is 15.5 Å². The van der Waals surface area contributed by atoms with E-state index in [0.717, 1.165) is 7.11 Å². The summed E-state index contributed by atoms with van der Waals surface area (Å²) in [6.45, 7) is 15.6. The lowest BCUT2D eigenvalue weighted by molar-refractivity contribution is -0.137. The Morgan fingerprint density at radius 2 is 1.41 bits per heavy atom. The van der Waals surface area contributed by atoms with Gasteiger partial charge in [-0.25, -0.2) is 4.79 Å². The Kier molecular flexibility index (Phi) is 29.8. The smallest absolute Gasteiger partial charge is 0.312 e. The highest BCUT2D eigenvalue weighted by Gasteiger charge is 2.33. The molecule has 0 saturated heterocycles. The number of aliphatic hydroxyl groups excluding tert-OH is 2. The Balaban J connectivity index is -0.00000268. The fraction of sp³-hybridized carbons (Fsp3) is 0.632. The summed E-state index contributed by atoms with van der Waals surface area (Å²) in [5.74, 6) is -2.39. The predicted octanol–water partition coefficient (Wildman–Crippen LogP) is 5.23. The molecule has 0 spiro atoms. The zero-order valence-corrected chi connectivity index (χ0v) is 31.7. The van der Waals surface area contributed by atoms with Gasteiger partial charge in [0.25, 0.3) is 11.8 Å². The molecule has 0 aromatic heterocycles. The second kappa shape index (κ2) is 29.6. The standard InChI is InChI=1S/C31H45N5O7.C3H8.C2H6.CH4O.CH4/c1-19(2)27(35-26(39)10-6-5-7-16-36-29(41)20(3)21(4)30(36)42)25(38)17-23(9-8-15-33-31(32)43)28(40)34-24-13-11-22(18-37)12-14-24;1-3-2;2*1-2;/h11-14,19,23,27,37H,5-10,15-18H2,1-4H3,(H,34,40)(H,35,39)(H3,32,33,43);3H2,1-2H3;1-2H3;2H,1H3;1H4/t23-,27+;;;;/m1..../s1. The Hall–Kier alpha value is -4.10. The van der Waals surface area contributed by atoms with Gasteiger partial charge in [-0.05, 0) is 63.1 Å². The van der Waals surface area contributed by atoms with Gasteiger partial charge in [0.15, 0.2) is 5.78 Å². The number of hydrogen-bond acceptors (Lipinski definition) is 8. The normalized spacial score (nSPS) is 12.9. The molecule has 13 nitrogen and oxygen atoms in total. The van der Waals surface area contributed by atoms with Gasteiger partial charge in [0.2, 0.25) is 11.8 Å². The molecule has 1 aromatic rings. The SMILES string of the molecule is C.CC.CC1=C(C)C(=O)N(CCCCCC(=O)N[C@H](C(=O)C[C@@H](CCCNC(N)=O)C(=O)Nc2ccc(CO)cc2)C(C)C)C1=O.CCC.CO. The third-order valence-corrected chi connectivity index (χ3v) is 7.56. The van der Waals surface area contributed by atoms with E-state index >= 15 is 0 Å². The molecule has 2 rings (SSSR count). The van der Waals surface area contributed by atoms with Crippen molar-refractivity contribution in [1.29, 1.82) is 0 Å². The highest BCUT2D eigenvalue weighted by molar-refractivity contribution is 6.18. The molecular formula is C38H67N5O8. The first kappa shape index (κ1) is 51.3. The molecule has 13 heteroatoms. The molecule has 7 N–H and O–H groups in total. The number of nitrogens with zero attached hydrogens (tertiary/aromatic N) is 1. The first-order chi connectivity index (χ1) is 23.8. The number of amides is 6. The van der Waals surface area contributed by atoms with Crippen LogP contribution >= 0.6 is 0 Å². The minimum atomic E-state index is -0.785. The van der Waals surface area contributed by atoms with Gasteiger partial charge in [-0.2, -0.15) is 0 Å². The van der Waals surface area contributed by atoms with Crippen LogP contribution in [0.4, 0.5) is 10.5 Å². The minimum absolute atomic E-state index is 0. The average molecular weight is 722 g/mol. The van der Waals surface area contributed by atoms with Gasteiger partial charge in [0.1, 0.15) is 0 Å². The molecule has 0 bridgehead atoms. The first-order valence-corrected chi connectivity index (χ1v) is 17.6. The topological polar surface area (TPSA) is 208 Å². The van der Waals surface area contributed by atoms with E-state index in [1.807, 2.05) is 27.7 Å². The Morgan fingerprint density at radius 3 is 1.88 bits per heavy atom. The Morgan fingerprint density at radius 1 is 0.882 bits per heavy atom.